The van der Waals surface area contributed by atoms with Crippen molar-refractivity contribution >= 4 is 17.9 Å². The minimum atomic E-state index is -1.16. The van der Waals surface area contributed by atoms with Gasteiger partial charge >= 0.3 is 11.9 Å². The zero-order valence-electron chi connectivity index (χ0n) is 16.9. The predicted octanol–water partition coefficient (Wildman–Crippen LogP) is 1.86. The highest BCUT2D eigenvalue weighted by molar-refractivity contribution is 5.91. The monoisotopic (exact) mass is 429 g/mol. The molecular weight excluding hydrogens is 406 g/mol. The number of nitrogens with two attached hydrogens (primary N) is 1. The van der Waals surface area contributed by atoms with Gasteiger partial charge in [-0.3, -0.25) is 14.4 Å². The molecule has 2 aromatic rings. The molecule has 6 N–H and O–H groups in total. The molecule has 0 radical (unpaired) electrons. The van der Waals surface area contributed by atoms with E-state index in [9.17, 15) is 14.4 Å². The number of aliphatic carboxylic acids is 3. The third kappa shape index (κ3) is 7.97. The molecule has 1 aliphatic carbocycles. The summed E-state index contributed by atoms with van der Waals surface area (Å²) < 4.78 is 0. The Balaban J connectivity index is 0.000000265. The van der Waals surface area contributed by atoms with Gasteiger partial charge in [-0.1, -0.05) is 42.0 Å². The van der Waals surface area contributed by atoms with Crippen molar-refractivity contribution in [1.29, 1.82) is 0 Å². The fraction of sp³-hybridized carbons (Fsp3) is 0.190. The first-order valence-electron chi connectivity index (χ1n) is 8.96. The van der Waals surface area contributed by atoms with Crippen molar-refractivity contribution in [1.82, 2.24) is 9.97 Å². The third-order valence-electron chi connectivity index (χ3n) is 3.97. The summed E-state index contributed by atoms with van der Waals surface area (Å²) in [5.74, 6) is -3.49. The summed E-state index contributed by atoms with van der Waals surface area (Å²) in [4.78, 5) is 48.2. The SMILES string of the molecule is CC(=O)O.CC1=CCC(C(=O)O)=C(N)C1C(=O)O.O=c1ccnc(-c2ccccc2)[nH]1. The summed E-state index contributed by atoms with van der Waals surface area (Å²) in [5, 5.41) is 25.0. The Kier molecular flexibility index (Phi) is 9.38. The number of benzene rings is 1. The standard InChI is InChI=1S/C10H8N2O.C9H11NO4.C2H4O2/c13-9-6-7-11-10(12-9)8-4-2-1-3-5-8;1-4-2-3-5(8(11)12)7(10)6(4)9(13)14;1-2(3)4/h1-7H,(H,11,12,13);2,6H,3,10H2,1H3,(H,11,12)(H,13,14);1H3,(H,3,4). The Morgan fingerprint density at radius 1 is 1.10 bits per heavy atom. The van der Waals surface area contributed by atoms with Crippen LogP contribution >= 0.6 is 0 Å². The Hall–Kier alpha value is -4.21. The lowest BCUT2D eigenvalue weighted by Crippen LogP contribution is -2.28. The number of allylic oxidation sites excluding steroid dienone is 1. The smallest absolute Gasteiger partial charge is 0.333 e. The number of H-pyrrole nitrogens is 1. The van der Waals surface area contributed by atoms with E-state index in [1.807, 2.05) is 30.3 Å². The van der Waals surface area contributed by atoms with Crippen molar-refractivity contribution in [2.24, 2.45) is 11.7 Å². The molecule has 0 saturated heterocycles. The van der Waals surface area contributed by atoms with Crippen molar-refractivity contribution in [2.45, 2.75) is 20.3 Å². The summed E-state index contributed by atoms with van der Waals surface area (Å²) in [6, 6.07) is 10.9. The lowest BCUT2D eigenvalue weighted by atomic mass is 9.87. The average molecular weight is 429 g/mol. The van der Waals surface area contributed by atoms with Crippen molar-refractivity contribution < 1.29 is 29.7 Å². The van der Waals surface area contributed by atoms with Crippen LogP contribution in [0.25, 0.3) is 11.4 Å². The largest absolute Gasteiger partial charge is 0.481 e. The molecular formula is C21H23N3O7. The number of aromatic amines is 1. The molecule has 0 bridgehead atoms. The van der Waals surface area contributed by atoms with Gasteiger partial charge in [0.15, 0.2) is 0 Å². The van der Waals surface area contributed by atoms with Crippen LogP contribution in [0.4, 0.5) is 0 Å². The van der Waals surface area contributed by atoms with E-state index in [-0.39, 0.29) is 23.3 Å². The third-order valence-corrected chi connectivity index (χ3v) is 3.97. The zero-order chi connectivity index (χ0) is 23.6. The van der Waals surface area contributed by atoms with Gasteiger partial charge in [0, 0.05) is 30.4 Å². The van der Waals surface area contributed by atoms with Gasteiger partial charge in [0.2, 0.25) is 0 Å². The van der Waals surface area contributed by atoms with E-state index in [2.05, 4.69) is 9.97 Å². The summed E-state index contributed by atoms with van der Waals surface area (Å²) in [7, 11) is 0. The van der Waals surface area contributed by atoms with E-state index < -0.39 is 23.8 Å². The molecule has 164 valence electrons. The normalized spacial score (nSPS) is 14.8. The molecule has 1 unspecified atom stereocenters. The van der Waals surface area contributed by atoms with Gasteiger partial charge < -0.3 is 26.0 Å². The second-order valence-corrected chi connectivity index (χ2v) is 6.33. The molecule has 1 aromatic carbocycles. The van der Waals surface area contributed by atoms with Crippen LogP contribution in [-0.2, 0) is 14.4 Å². The van der Waals surface area contributed by atoms with Crippen LogP contribution in [0.5, 0.6) is 0 Å². The Morgan fingerprint density at radius 3 is 2.16 bits per heavy atom. The maximum Gasteiger partial charge on any atom is 0.333 e. The van der Waals surface area contributed by atoms with E-state index in [1.54, 1.807) is 13.0 Å². The van der Waals surface area contributed by atoms with Crippen LogP contribution in [0.1, 0.15) is 20.3 Å². The Morgan fingerprint density at radius 2 is 1.68 bits per heavy atom. The molecule has 0 amide bonds. The highest BCUT2D eigenvalue weighted by Gasteiger charge is 2.29. The predicted molar refractivity (Wildman–Crippen MR) is 112 cm³/mol. The van der Waals surface area contributed by atoms with Crippen LogP contribution in [0.2, 0.25) is 0 Å². The quantitative estimate of drug-likeness (QED) is 0.454. The van der Waals surface area contributed by atoms with Gasteiger partial charge in [0.1, 0.15) is 11.7 Å². The first-order chi connectivity index (χ1) is 14.5. The highest BCUT2D eigenvalue weighted by Crippen LogP contribution is 2.27. The number of rotatable bonds is 3. The maximum atomic E-state index is 11.0. The molecule has 1 atom stereocenters. The number of carboxylic acid groups (broad SMARTS) is 3. The highest BCUT2D eigenvalue weighted by atomic mass is 16.4. The number of aromatic nitrogens is 2. The van der Waals surface area contributed by atoms with Crippen molar-refractivity contribution in [3.8, 4) is 11.4 Å². The van der Waals surface area contributed by atoms with Crippen LogP contribution < -0.4 is 11.3 Å². The molecule has 0 aliphatic heterocycles. The molecule has 10 nitrogen and oxygen atoms in total. The zero-order valence-corrected chi connectivity index (χ0v) is 16.9. The number of hydrogen-bond acceptors (Lipinski definition) is 6. The summed E-state index contributed by atoms with van der Waals surface area (Å²) in [5.41, 5.74) is 6.77. The summed E-state index contributed by atoms with van der Waals surface area (Å²) in [6.45, 7) is 2.71. The second-order valence-electron chi connectivity index (χ2n) is 6.33. The van der Waals surface area contributed by atoms with Crippen LogP contribution in [0, 0.1) is 5.92 Å². The molecule has 10 heteroatoms. The molecule has 1 heterocycles. The van der Waals surface area contributed by atoms with Gasteiger partial charge in [0.25, 0.3) is 11.5 Å². The lowest BCUT2D eigenvalue weighted by molar-refractivity contribution is -0.139. The molecule has 1 aromatic heterocycles. The van der Waals surface area contributed by atoms with Crippen molar-refractivity contribution in [3.05, 3.63) is 75.9 Å². The number of carbonyl (C=O) groups is 3. The minimum absolute atomic E-state index is 0.0250. The second kappa shape index (κ2) is 11.7. The van der Waals surface area contributed by atoms with Crippen LogP contribution in [0.3, 0.4) is 0 Å². The molecule has 0 fully saturated rings. The van der Waals surface area contributed by atoms with E-state index in [0.717, 1.165) is 12.5 Å². The van der Waals surface area contributed by atoms with E-state index in [1.165, 1.54) is 12.3 Å². The molecule has 0 saturated carbocycles. The average Bonchev–Trinajstić information content (AvgIpc) is 2.68. The van der Waals surface area contributed by atoms with E-state index >= 15 is 0 Å². The van der Waals surface area contributed by atoms with Crippen LogP contribution in [0.15, 0.2) is 70.3 Å². The molecule has 1 aliphatic rings. The Bertz CT molecular complexity index is 1050. The number of hydrogen-bond donors (Lipinski definition) is 5. The summed E-state index contributed by atoms with van der Waals surface area (Å²) in [6.07, 6.45) is 3.27. The van der Waals surface area contributed by atoms with Crippen LogP contribution in [-0.4, -0.2) is 43.2 Å². The molecule has 31 heavy (non-hydrogen) atoms. The van der Waals surface area contributed by atoms with Gasteiger partial charge in [0.05, 0.1) is 5.57 Å². The minimum Gasteiger partial charge on any atom is -0.481 e. The molecule has 3 rings (SSSR count). The first-order valence-corrected chi connectivity index (χ1v) is 8.96. The van der Waals surface area contributed by atoms with Gasteiger partial charge in [-0.2, -0.15) is 0 Å². The summed E-state index contributed by atoms with van der Waals surface area (Å²) >= 11 is 0. The maximum absolute atomic E-state index is 11.0. The van der Waals surface area contributed by atoms with Gasteiger partial charge in [-0.05, 0) is 13.3 Å². The first kappa shape index (κ1) is 24.8. The molecule has 0 spiro atoms. The number of nitrogens with zero attached hydrogens (tertiary/aromatic N) is 1. The lowest BCUT2D eigenvalue weighted by Gasteiger charge is -2.20. The van der Waals surface area contributed by atoms with E-state index in [4.69, 9.17) is 25.8 Å². The van der Waals surface area contributed by atoms with Gasteiger partial charge in [-0.25, -0.2) is 9.78 Å². The van der Waals surface area contributed by atoms with Gasteiger partial charge in [-0.15, -0.1) is 0 Å². The van der Waals surface area contributed by atoms with E-state index in [0.29, 0.717) is 11.4 Å². The van der Waals surface area contributed by atoms with Crippen molar-refractivity contribution in [3.63, 3.8) is 0 Å². The number of carboxylic acids is 3. The number of nitrogens with one attached hydrogen (secondary N) is 1. The fourth-order valence-corrected chi connectivity index (χ4v) is 2.57. The fourth-order valence-electron chi connectivity index (χ4n) is 2.57. The Labute approximate surface area is 177 Å². The topological polar surface area (TPSA) is 184 Å². The van der Waals surface area contributed by atoms with Crippen molar-refractivity contribution in [2.75, 3.05) is 0 Å².